The van der Waals surface area contributed by atoms with Crippen LogP contribution >= 0.6 is 0 Å². The molecule has 0 saturated carbocycles. The van der Waals surface area contributed by atoms with E-state index in [1.807, 2.05) is 0 Å². The van der Waals surface area contributed by atoms with Gasteiger partial charge in [0.25, 0.3) is 0 Å². The van der Waals surface area contributed by atoms with Crippen molar-refractivity contribution >= 4 is 0 Å². The van der Waals surface area contributed by atoms with Gasteiger partial charge in [-0.25, -0.2) is 0 Å². The Morgan fingerprint density at radius 2 is 0.931 bits per heavy atom. The van der Waals surface area contributed by atoms with Gasteiger partial charge in [0, 0.05) is 12.8 Å². The zero-order valence-corrected chi connectivity index (χ0v) is 20.6. The van der Waals surface area contributed by atoms with Crippen molar-refractivity contribution in [2.75, 3.05) is 0 Å². The smallest absolute Gasteiger partial charge is 0.00887 e. The second kappa shape index (κ2) is 22.2. The minimum Gasteiger partial charge on any atom is -0.103 e. The first-order valence-corrected chi connectivity index (χ1v) is 13.3. The summed E-state index contributed by atoms with van der Waals surface area (Å²) < 4.78 is 0. The predicted molar refractivity (Wildman–Crippen MR) is 134 cm³/mol. The quantitative estimate of drug-likeness (QED) is 0.140. The molecule has 0 aromatic rings. The lowest BCUT2D eigenvalue weighted by atomic mass is 9.87. The molecule has 0 rings (SSSR count). The fraction of sp³-hybridized carbons (Fsp3) is 0.862. The van der Waals surface area contributed by atoms with Crippen LogP contribution < -0.4 is 0 Å². The zero-order valence-electron chi connectivity index (χ0n) is 20.6. The van der Waals surface area contributed by atoms with E-state index in [1.165, 1.54) is 96.3 Å². The van der Waals surface area contributed by atoms with Crippen LogP contribution in [0.15, 0.2) is 0 Å². The highest BCUT2D eigenvalue weighted by Crippen LogP contribution is 2.26. The molecular formula is C29H54. The Bertz CT molecular complexity index is 371. The van der Waals surface area contributed by atoms with Gasteiger partial charge in [0.1, 0.15) is 0 Å². The van der Waals surface area contributed by atoms with Crippen LogP contribution in [0.25, 0.3) is 0 Å². The maximum absolute atomic E-state index is 4.01. The summed E-state index contributed by atoms with van der Waals surface area (Å²) >= 11 is 0. The Balaban J connectivity index is 3.76. The maximum atomic E-state index is 4.01. The summed E-state index contributed by atoms with van der Waals surface area (Å²) in [5, 5.41) is 0. The van der Waals surface area contributed by atoms with Gasteiger partial charge in [-0.3, -0.25) is 0 Å². The first-order chi connectivity index (χ1) is 14.2. The summed E-state index contributed by atoms with van der Waals surface area (Å²) in [5.74, 6) is 9.37. The Morgan fingerprint density at radius 1 is 0.483 bits per heavy atom. The molecule has 0 bridgehead atoms. The first kappa shape index (κ1) is 28.6. The Morgan fingerprint density at radius 3 is 1.41 bits per heavy atom. The zero-order chi connectivity index (χ0) is 21.6. The highest BCUT2D eigenvalue weighted by molar-refractivity contribution is 4.98. The van der Waals surface area contributed by atoms with Gasteiger partial charge in [-0.15, -0.1) is 11.8 Å². The predicted octanol–water partition coefficient (Wildman–Crippen LogP) is 9.98. The molecule has 0 aliphatic heterocycles. The van der Waals surface area contributed by atoms with Crippen LogP contribution in [0.4, 0.5) is 0 Å². The van der Waals surface area contributed by atoms with Crippen LogP contribution in [0.3, 0.4) is 0 Å². The van der Waals surface area contributed by atoms with Gasteiger partial charge in [0.2, 0.25) is 0 Å². The van der Waals surface area contributed by atoms with Crippen LogP contribution in [0.5, 0.6) is 0 Å². The van der Waals surface area contributed by atoms with Crippen LogP contribution in [0.1, 0.15) is 143 Å². The molecule has 0 fully saturated rings. The van der Waals surface area contributed by atoms with E-state index >= 15 is 0 Å². The topological polar surface area (TPSA) is 0 Å². The van der Waals surface area contributed by atoms with Gasteiger partial charge in [-0.1, -0.05) is 125 Å². The molecule has 3 unspecified atom stereocenters. The maximum Gasteiger partial charge on any atom is 0.00887 e. The monoisotopic (exact) mass is 402 g/mol. The molecule has 0 spiro atoms. The first-order valence-electron chi connectivity index (χ1n) is 13.3. The number of hydrogen-bond donors (Lipinski definition) is 0. The molecule has 0 aliphatic rings. The number of unbranched alkanes of at least 4 members (excludes halogenated alkanes) is 6. The molecule has 0 saturated heterocycles. The summed E-state index contributed by atoms with van der Waals surface area (Å²) in [7, 11) is 0. The molecule has 0 amide bonds. The molecule has 0 heteroatoms. The fourth-order valence-corrected chi connectivity index (χ4v) is 4.53. The normalized spacial score (nSPS) is 14.2. The second-order valence-electron chi connectivity index (χ2n) is 9.24. The molecule has 3 atom stereocenters. The molecule has 0 aliphatic carbocycles. The molecular weight excluding hydrogens is 348 g/mol. The molecule has 0 aromatic carbocycles. The average molecular weight is 403 g/mol. The van der Waals surface area contributed by atoms with Crippen LogP contribution in [0.2, 0.25) is 0 Å². The van der Waals surface area contributed by atoms with Crippen LogP contribution in [0, 0.1) is 43.4 Å². The third kappa shape index (κ3) is 18.1. The average Bonchev–Trinajstić information content (AvgIpc) is 2.75. The standard InChI is InChI=1S/C29H54/c1-6-11-13-14-15-18-22-27(8-3)23-19-16-17-20-24-29(10-5)26-25-28(9-4)21-12-7-2/h27-29H,1-2,6-12,15-26H2,3-5H3. The van der Waals surface area contributed by atoms with E-state index in [0.29, 0.717) is 0 Å². The van der Waals surface area contributed by atoms with Crippen molar-refractivity contribution in [3.63, 3.8) is 0 Å². The third-order valence-corrected chi connectivity index (χ3v) is 6.89. The van der Waals surface area contributed by atoms with Gasteiger partial charge < -0.3 is 0 Å². The molecule has 0 aromatic heterocycles. The van der Waals surface area contributed by atoms with E-state index in [4.69, 9.17) is 0 Å². The lowest BCUT2D eigenvalue weighted by Gasteiger charge is -2.19. The highest BCUT2D eigenvalue weighted by Gasteiger charge is 2.11. The Kier molecular flexibility index (Phi) is 21.9. The molecule has 0 nitrogen and oxygen atoms in total. The largest absolute Gasteiger partial charge is 0.103 e. The molecule has 2 radical (unpaired) electrons. The van der Waals surface area contributed by atoms with E-state index in [2.05, 4.69) is 46.5 Å². The summed E-state index contributed by atoms with van der Waals surface area (Å²) in [5.41, 5.74) is 0. The van der Waals surface area contributed by atoms with Crippen LogP contribution in [-0.2, 0) is 0 Å². The van der Waals surface area contributed by atoms with Crippen molar-refractivity contribution in [2.24, 2.45) is 17.8 Å². The summed E-state index contributed by atoms with van der Waals surface area (Å²) in [6.07, 6.45) is 25.1. The molecule has 0 N–H and O–H groups in total. The highest BCUT2D eigenvalue weighted by atomic mass is 14.2. The number of rotatable bonds is 20. The van der Waals surface area contributed by atoms with Gasteiger partial charge in [-0.2, -0.15) is 0 Å². The minimum absolute atomic E-state index is 0.928. The summed E-state index contributed by atoms with van der Waals surface area (Å²) in [4.78, 5) is 0. The van der Waals surface area contributed by atoms with E-state index in [9.17, 15) is 0 Å². The van der Waals surface area contributed by atoms with Crippen molar-refractivity contribution in [2.45, 2.75) is 143 Å². The van der Waals surface area contributed by atoms with Crippen molar-refractivity contribution < 1.29 is 0 Å². The van der Waals surface area contributed by atoms with Crippen LogP contribution in [-0.4, -0.2) is 0 Å². The van der Waals surface area contributed by atoms with Gasteiger partial charge in [-0.05, 0) is 37.0 Å². The molecule has 0 heterocycles. The van der Waals surface area contributed by atoms with E-state index in [1.54, 1.807) is 0 Å². The van der Waals surface area contributed by atoms with E-state index in [-0.39, 0.29) is 0 Å². The van der Waals surface area contributed by atoms with Crippen molar-refractivity contribution in [3.8, 4) is 11.8 Å². The van der Waals surface area contributed by atoms with Crippen molar-refractivity contribution in [1.29, 1.82) is 0 Å². The molecule has 170 valence electrons. The Labute approximate surface area is 186 Å². The van der Waals surface area contributed by atoms with E-state index < -0.39 is 0 Å². The van der Waals surface area contributed by atoms with Gasteiger partial charge in [0.05, 0.1) is 0 Å². The minimum atomic E-state index is 0.928. The summed E-state index contributed by atoms with van der Waals surface area (Å²) in [6.45, 7) is 15.0. The summed E-state index contributed by atoms with van der Waals surface area (Å²) in [6, 6.07) is 0. The number of hydrogen-bond acceptors (Lipinski definition) is 0. The van der Waals surface area contributed by atoms with Crippen molar-refractivity contribution in [3.05, 3.63) is 13.8 Å². The lowest BCUT2D eigenvalue weighted by molar-refractivity contribution is 0.335. The van der Waals surface area contributed by atoms with E-state index in [0.717, 1.165) is 43.4 Å². The van der Waals surface area contributed by atoms with Gasteiger partial charge >= 0.3 is 0 Å². The Hall–Kier alpha value is -0.440. The van der Waals surface area contributed by atoms with Gasteiger partial charge in [0.15, 0.2) is 0 Å². The molecule has 29 heavy (non-hydrogen) atoms. The third-order valence-electron chi connectivity index (χ3n) is 6.89. The van der Waals surface area contributed by atoms with Crippen molar-refractivity contribution in [1.82, 2.24) is 0 Å². The fourth-order valence-electron chi connectivity index (χ4n) is 4.53. The second-order valence-corrected chi connectivity index (χ2v) is 9.24. The lowest BCUT2D eigenvalue weighted by Crippen LogP contribution is -2.05. The SMILES string of the molecule is [CH2]CCC#CCCCC(CC)CCCCCCC(CC)CCC(CC)CCC[CH2].